The number of rotatable bonds is 6. The van der Waals surface area contributed by atoms with Crippen molar-refractivity contribution in [1.29, 1.82) is 0 Å². The quantitative estimate of drug-likeness (QED) is 0.716. The summed E-state index contributed by atoms with van der Waals surface area (Å²) in [5.41, 5.74) is 1.41. The second-order valence-corrected chi connectivity index (χ2v) is 5.97. The Hall–Kier alpha value is -1.50. The molecule has 0 aliphatic heterocycles. The first-order valence-corrected chi connectivity index (χ1v) is 7.25. The van der Waals surface area contributed by atoms with Gasteiger partial charge in [0.25, 0.3) is 0 Å². The van der Waals surface area contributed by atoms with Crippen LogP contribution in [-0.4, -0.2) is 0 Å². The van der Waals surface area contributed by atoms with Gasteiger partial charge in [0.05, 0.1) is 0 Å². The van der Waals surface area contributed by atoms with Gasteiger partial charge in [-0.2, -0.15) is 0 Å². The highest BCUT2D eigenvalue weighted by Crippen LogP contribution is 2.18. The third-order valence-electron chi connectivity index (χ3n) is 3.30. The SMILES string of the molecule is CC(C)Cc1ccc(CC(C)Cc2ccccc2)o1. The van der Waals surface area contributed by atoms with Crippen LogP contribution in [-0.2, 0) is 19.3 Å². The zero-order valence-electron chi connectivity index (χ0n) is 12.2. The van der Waals surface area contributed by atoms with Crippen molar-refractivity contribution in [2.45, 2.75) is 40.0 Å². The van der Waals surface area contributed by atoms with Crippen LogP contribution in [0.15, 0.2) is 46.9 Å². The monoisotopic (exact) mass is 256 g/mol. The summed E-state index contributed by atoms with van der Waals surface area (Å²) in [6.45, 7) is 6.73. The highest BCUT2D eigenvalue weighted by Gasteiger charge is 2.09. The minimum Gasteiger partial charge on any atom is -0.466 e. The molecule has 0 spiro atoms. The van der Waals surface area contributed by atoms with Crippen molar-refractivity contribution in [3.63, 3.8) is 0 Å². The fraction of sp³-hybridized carbons (Fsp3) is 0.444. The molecule has 0 aliphatic carbocycles. The summed E-state index contributed by atoms with van der Waals surface area (Å²) in [7, 11) is 0. The highest BCUT2D eigenvalue weighted by molar-refractivity contribution is 5.16. The van der Waals surface area contributed by atoms with Crippen molar-refractivity contribution in [2.24, 2.45) is 11.8 Å². The van der Waals surface area contributed by atoms with Gasteiger partial charge in [-0.05, 0) is 36.0 Å². The van der Waals surface area contributed by atoms with Gasteiger partial charge in [-0.3, -0.25) is 0 Å². The van der Waals surface area contributed by atoms with Gasteiger partial charge in [0, 0.05) is 12.8 Å². The van der Waals surface area contributed by atoms with Gasteiger partial charge in [0.15, 0.2) is 0 Å². The summed E-state index contributed by atoms with van der Waals surface area (Å²) in [6.07, 6.45) is 3.17. The van der Waals surface area contributed by atoms with Crippen LogP contribution in [0.5, 0.6) is 0 Å². The van der Waals surface area contributed by atoms with Gasteiger partial charge in [0.2, 0.25) is 0 Å². The van der Waals surface area contributed by atoms with Gasteiger partial charge in [-0.1, -0.05) is 51.1 Å². The molecule has 1 atom stereocenters. The Morgan fingerprint density at radius 3 is 2.05 bits per heavy atom. The molecule has 1 heterocycles. The van der Waals surface area contributed by atoms with E-state index >= 15 is 0 Å². The maximum atomic E-state index is 5.90. The van der Waals surface area contributed by atoms with Crippen molar-refractivity contribution in [1.82, 2.24) is 0 Å². The molecule has 0 aliphatic rings. The van der Waals surface area contributed by atoms with E-state index in [1.54, 1.807) is 0 Å². The molecule has 1 aromatic carbocycles. The first-order chi connectivity index (χ1) is 9.13. The largest absolute Gasteiger partial charge is 0.466 e. The molecule has 1 aromatic heterocycles. The maximum Gasteiger partial charge on any atom is 0.104 e. The van der Waals surface area contributed by atoms with Crippen LogP contribution in [0.2, 0.25) is 0 Å². The predicted octanol–water partition coefficient (Wildman–Crippen LogP) is 4.90. The summed E-state index contributed by atoms with van der Waals surface area (Å²) in [5, 5.41) is 0. The van der Waals surface area contributed by atoms with Crippen LogP contribution >= 0.6 is 0 Å². The molecule has 0 fully saturated rings. The summed E-state index contributed by atoms with van der Waals surface area (Å²) in [4.78, 5) is 0. The zero-order chi connectivity index (χ0) is 13.7. The molecule has 1 nitrogen and oxygen atoms in total. The first-order valence-electron chi connectivity index (χ1n) is 7.25. The summed E-state index contributed by atoms with van der Waals surface area (Å²) in [6, 6.07) is 14.9. The normalized spacial score (nSPS) is 12.8. The predicted molar refractivity (Wildman–Crippen MR) is 80.3 cm³/mol. The Morgan fingerprint density at radius 2 is 1.42 bits per heavy atom. The average molecular weight is 256 g/mol. The molecule has 1 heteroatoms. The van der Waals surface area contributed by atoms with Gasteiger partial charge in [-0.15, -0.1) is 0 Å². The second-order valence-electron chi connectivity index (χ2n) is 5.97. The fourth-order valence-electron chi connectivity index (χ4n) is 2.48. The van der Waals surface area contributed by atoms with Crippen LogP contribution in [0.1, 0.15) is 37.9 Å². The highest BCUT2D eigenvalue weighted by atomic mass is 16.3. The molecule has 102 valence electrons. The third kappa shape index (κ3) is 4.59. The Bertz CT molecular complexity index is 481. The lowest BCUT2D eigenvalue weighted by Crippen LogP contribution is -2.03. The molecule has 0 N–H and O–H groups in total. The molecule has 0 saturated heterocycles. The lowest BCUT2D eigenvalue weighted by molar-refractivity contribution is 0.412. The molecule has 0 saturated carbocycles. The van der Waals surface area contributed by atoms with Gasteiger partial charge < -0.3 is 4.42 Å². The maximum absolute atomic E-state index is 5.90. The van der Waals surface area contributed by atoms with Crippen molar-refractivity contribution >= 4 is 0 Å². The van der Waals surface area contributed by atoms with E-state index in [0.29, 0.717) is 11.8 Å². The Kier molecular flexibility index (Phi) is 4.84. The zero-order valence-corrected chi connectivity index (χ0v) is 12.2. The van der Waals surface area contributed by atoms with Crippen molar-refractivity contribution in [2.75, 3.05) is 0 Å². The Labute approximate surface area is 116 Å². The van der Waals surface area contributed by atoms with E-state index in [-0.39, 0.29) is 0 Å². The van der Waals surface area contributed by atoms with Crippen molar-refractivity contribution in [3.05, 3.63) is 59.5 Å². The summed E-state index contributed by atoms with van der Waals surface area (Å²) < 4.78 is 5.90. The van der Waals surface area contributed by atoms with Gasteiger partial charge in [0.1, 0.15) is 11.5 Å². The summed E-state index contributed by atoms with van der Waals surface area (Å²) >= 11 is 0. The van der Waals surface area contributed by atoms with Crippen LogP contribution in [0, 0.1) is 11.8 Å². The molecular weight excluding hydrogens is 232 g/mol. The van der Waals surface area contributed by atoms with E-state index in [9.17, 15) is 0 Å². The Balaban J connectivity index is 1.88. The topological polar surface area (TPSA) is 13.1 Å². The fourth-order valence-corrected chi connectivity index (χ4v) is 2.48. The van der Waals surface area contributed by atoms with Crippen molar-refractivity contribution in [3.8, 4) is 0 Å². The molecule has 2 rings (SSSR count). The van der Waals surface area contributed by atoms with Crippen LogP contribution < -0.4 is 0 Å². The molecular formula is C18H24O. The molecule has 0 bridgehead atoms. The first kappa shape index (κ1) is 13.9. The van der Waals surface area contributed by atoms with E-state index in [0.717, 1.165) is 30.8 Å². The number of hydrogen-bond donors (Lipinski definition) is 0. The van der Waals surface area contributed by atoms with Gasteiger partial charge >= 0.3 is 0 Å². The summed E-state index contributed by atoms with van der Waals surface area (Å²) in [5.74, 6) is 3.51. The lowest BCUT2D eigenvalue weighted by Gasteiger charge is -2.09. The number of hydrogen-bond acceptors (Lipinski definition) is 1. The molecule has 1 unspecified atom stereocenters. The number of furan rings is 1. The van der Waals surface area contributed by atoms with E-state index in [1.807, 2.05) is 0 Å². The Morgan fingerprint density at radius 1 is 0.789 bits per heavy atom. The van der Waals surface area contributed by atoms with Crippen LogP contribution in [0.25, 0.3) is 0 Å². The minimum atomic E-state index is 0.612. The minimum absolute atomic E-state index is 0.612. The van der Waals surface area contributed by atoms with Gasteiger partial charge in [-0.25, -0.2) is 0 Å². The average Bonchev–Trinajstić information content (AvgIpc) is 2.76. The molecule has 19 heavy (non-hydrogen) atoms. The van der Waals surface area contributed by atoms with Crippen molar-refractivity contribution < 1.29 is 4.42 Å². The molecule has 0 radical (unpaired) electrons. The standard InChI is InChI=1S/C18H24O/c1-14(2)11-17-9-10-18(19-17)13-15(3)12-16-7-5-4-6-8-16/h4-10,14-15H,11-13H2,1-3H3. The van der Waals surface area contributed by atoms with Crippen LogP contribution in [0.3, 0.4) is 0 Å². The van der Waals surface area contributed by atoms with E-state index in [1.165, 1.54) is 5.56 Å². The second kappa shape index (κ2) is 6.60. The third-order valence-corrected chi connectivity index (χ3v) is 3.30. The molecule has 0 amide bonds. The van der Waals surface area contributed by atoms with E-state index < -0.39 is 0 Å². The smallest absolute Gasteiger partial charge is 0.104 e. The lowest BCUT2D eigenvalue weighted by atomic mass is 9.97. The number of benzene rings is 1. The molecule has 2 aromatic rings. The van der Waals surface area contributed by atoms with E-state index in [2.05, 4.69) is 63.2 Å². The van der Waals surface area contributed by atoms with Crippen LogP contribution in [0.4, 0.5) is 0 Å². The van der Waals surface area contributed by atoms with E-state index in [4.69, 9.17) is 4.42 Å².